The van der Waals surface area contributed by atoms with Gasteiger partial charge in [-0.3, -0.25) is 0 Å². The predicted octanol–water partition coefficient (Wildman–Crippen LogP) is 4.78. The van der Waals surface area contributed by atoms with Gasteiger partial charge < -0.3 is 15.5 Å². The van der Waals surface area contributed by atoms with Crippen molar-refractivity contribution in [3.63, 3.8) is 0 Å². The van der Waals surface area contributed by atoms with E-state index in [9.17, 15) is 4.79 Å². The van der Waals surface area contributed by atoms with Gasteiger partial charge in [-0.2, -0.15) is 5.90 Å². The Bertz CT molecular complexity index is 832. The molecule has 1 aliphatic rings. The Morgan fingerprint density at radius 1 is 1.15 bits per heavy atom. The van der Waals surface area contributed by atoms with Gasteiger partial charge in [-0.05, 0) is 47.2 Å². The zero-order valence-corrected chi connectivity index (χ0v) is 17.2. The van der Waals surface area contributed by atoms with Gasteiger partial charge in [0.15, 0.2) is 0 Å². The molecule has 1 unspecified atom stereocenters. The van der Waals surface area contributed by atoms with Crippen LogP contribution in [0.15, 0.2) is 36.4 Å². The third kappa shape index (κ3) is 4.68. The maximum absolute atomic E-state index is 11.5. The molecule has 0 fully saturated rings. The highest BCUT2D eigenvalue weighted by atomic mass is 35.5. The average Bonchev–Trinajstić information content (AvgIpc) is 2.64. The van der Waals surface area contributed by atoms with Crippen LogP contribution in [-0.4, -0.2) is 18.0 Å². The first-order valence-electron chi connectivity index (χ1n) is 8.35. The van der Waals surface area contributed by atoms with Crippen LogP contribution in [0.25, 0.3) is 0 Å². The largest absolute Gasteiger partial charge is 0.428 e. The third-order valence-corrected chi connectivity index (χ3v) is 5.61. The number of fused-ring (bicyclic) bond motifs is 1. The number of nitrogens with zero attached hydrogens (tertiary/aromatic N) is 1. The van der Waals surface area contributed by atoms with Crippen LogP contribution in [0.3, 0.4) is 0 Å². The van der Waals surface area contributed by atoms with Crippen molar-refractivity contribution in [1.82, 2.24) is 4.90 Å². The lowest BCUT2D eigenvalue weighted by molar-refractivity contribution is 0.110. The van der Waals surface area contributed by atoms with Gasteiger partial charge in [0.25, 0.3) is 0 Å². The molecule has 0 saturated heterocycles. The van der Waals surface area contributed by atoms with Gasteiger partial charge in [0, 0.05) is 25.6 Å². The number of carbonyl (C=O) groups is 1. The molecule has 1 aliphatic carbocycles. The minimum atomic E-state index is -0.583. The standard InChI is InChI=1S/C19H21Cl2N3O2.ClH/c1-24(19(25)26-23)10-11-2-4-14-13(5-7-18(22)15(14)8-11)12-3-6-16(20)17(21)9-12;/h2-4,6,8-9,13,18H,5,7,10,22-23H2,1H3;1H/t13-,18?;/m0./s1. The van der Waals surface area contributed by atoms with Crippen molar-refractivity contribution in [2.24, 2.45) is 11.6 Å². The smallest absolute Gasteiger partial charge is 0.357 e. The fraction of sp³-hybridized carbons (Fsp3) is 0.316. The molecule has 5 nitrogen and oxygen atoms in total. The van der Waals surface area contributed by atoms with E-state index in [2.05, 4.69) is 17.0 Å². The summed E-state index contributed by atoms with van der Waals surface area (Å²) >= 11 is 12.2. The van der Waals surface area contributed by atoms with Gasteiger partial charge in [0.2, 0.25) is 0 Å². The van der Waals surface area contributed by atoms with Crippen LogP contribution in [0.2, 0.25) is 10.0 Å². The van der Waals surface area contributed by atoms with E-state index >= 15 is 0 Å². The van der Waals surface area contributed by atoms with Crippen molar-refractivity contribution in [2.45, 2.75) is 31.3 Å². The van der Waals surface area contributed by atoms with Crippen LogP contribution >= 0.6 is 35.6 Å². The lowest BCUT2D eigenvalue weighted by atomic mass is 9.76. The van der Waals surface area contributed by atoms with Crippen LogP contribution in [-0.2, 0) is 11.4 Å². The Balaban J connectivity index is 0.00000261. The summed E-state index contributed by atoms with van der Waals surface area (Å²) < 4.78 is 0. The first-order chi connectivity index (χ1) is 12.4. The van der Waals surface area contributed by atoms with E-state index in [1.807, 2.05) is 24.3 Å². The monoisotopic (exact) mass is 429 g/mol. The van der Waals surface area contributed by atoms with Crippen LogP contribution in [0.5, 0.6) is 0 Å². The Hall–Kier alpha value is -1.50. The van der Waals surface area contributed by atoms with E-state index in [4.69, 9.17) is 34.8 Å². The van der Waals surface area contributed by atoms with E-state index in [1.165, 1.54) is 10.5 Å². The number of nitrogens with two attached hydrogens (primary N) is 2. The maximum atomic E-state index is 11.5. The zero-order valence-electron chi connectivity index (χ0n) is 14.8. The molecular formula is C19H22Cl3N3O2. The second kappa shape index (κ2) is 9.13. The van der Waals surface area contributed by atoms with E-state index < -0.39 is 6.09 Å². The highest BCUT2D eigenvalue weighted by Gasteiger charge is 2.27. The molecule has 0 bridgehead atoms. The first kappa shape index (κ1) is 21.8. The lowest BCUT2D eigenvalue weighted by Crippen LogP contribution is -2.29. The van der Waals surface area contributed by atoms with Crippen molar-refractivity contribution in [1.29, 1.82) is 0 Å². The molecule has 146 valence electrons. The highest BCUT2D eigenvalue weighted by Crippen LogP contribution is 2.42. The van der Waals surface area contributed by atoms with Gasteiger partial charge >= 0.3 is 6.09 Å². The number of rotatable bonds is 3. The molecule has 27 heavy (non-hydrogen) atoms. The third-order valence-electron chi connectivity index (χ3n) is 4.87. The zero-order chi connectivity index (χ0) is 18.8. The quantitative estimate of drug-likeness (QED) is 0.686. The molecule has 2 atom stereocenters. The summed E-state index contributed by atoms with van der Waals surface area (Å²) in [7, 11) is 1.63. The highest BCUT2D eigenvalue weighted by molar-refractivity contribution is 6.42. The second-order valence-electron chi connectivity index (χ2n) is 6.61. The molecule has 0 aliphatic heterocycles. The summed E-state index contributed by atoms with van der Waals surface area (Å²) in [6, 6.07) is 11.9. The van der Waals surface area contributed by atoms with Crippen molar-refractivity contribution in [2.75, 3.05) is 7.05 Å². The molecule has 1 amide bonds. The normalized spacial score (nSPS) is 18.3. The number of hydrogen-bond acceptors (Lipinski definition) is 4. The van der Waals surface area contributed by atoms with Crippen molar-refractivity contribution < 1.29 is 9.63 Å². The van der Waals surface area contributed by atoms with Gasteiger partial charge in [-0.15, -0.1) is 12.4 Å². The van der Waals surface area contributed by atoms with E-state index in [0.29, 0.717) is 16.6 Å². The number of amides is 1. The molecule has 8 heteroatoms. The number of benzene rings is 2. The summed E-state index contributed by atoms with van der Waals surface area (Å²) in [5.41, 5.74) is 10.7. The topological polar surface area (TPSA) is 81.6 Å². The molecule has 4 N–H and O–H groups in total. The summed E-state index contributed by atoms with van der Waals surface area (Å²) in [5, 5.41) is 1.10. The second-order valence-corrected chi connectivity index (χ2v) is 7.43. The van der Waals surface area contributed by atoms with Crippen molar-refractivity contribution in [3.05, 3.63) is 68.7 Å². The molecule has 2 aromatic rings. The summed E-state index contributed by atoms with van der Waals surface area (Å²) in [4.78, 5) is 17.2. The minimum absolute atomic E-state index is 0. The first-order valence-corrected chi connectivity index (χ1v) is 9.11. The van der Waals surface area contributed by atoms with Crippen LogP contribution in [0.1, 0.15) is 47.1 Å². The molecular weight excluding hydrogens is 409 g/mol. The molecule has 2 aromatic carbocycles. The Kier molecular flexibility index (Phi) is 7.37. The van der Waals surface area contributed by atoms with Crippen LogP contribution in [0.4, 0.5) is 4.79 Å². The molecule has 0 spiro atoms. The maximum Gasteiger partial charge on any atom is 0.428 e. The van der Waals surface area contributed by atoms with E-state index in [1.54, 1.807) is 7.05 Å². The van der Waals surface area contributed by atoms with Gasteiger partial charge in [-0.25, -0.2) is 4.79 Å². The fourth-order valence-corrected chi connectivity index (χ4v) is 3.83. The van der Waals surface area contributed by atoms with Gasteiger partial charge in [0.05, 0.1) is 10.0 Å². The SMILES string of the molecule is CN(Cc1ccc2c(c1)C(N)CC[C@H]2c1ccc(Cl)c(Cl)c1)C(=O)ON.Cl. The molecule has 0 saturated carbocycles. The molecule has 3 rings (SSSR count). The molecule has 0 radical (unpaired) electrons. The van der Waals surface area contributed by atoms with Gasteiger partial charge in [-0.1, -0.05) is 47.5 Å². The van der Waals surface area contributed by atoms with Crippen molar-refractivity contribution >= 4 is 41.7 Å². The Morgan fingerprint density at radius 2 is 1.89 bits per heavy atom. The van der Waals surface area contributed by atoms with Crippen molar-refractivity contribution in [3.8, 4) is 0 Å². The molecule has 0 heterocycles. The fourth-order valence-electron chi connectivity index (χ4n) is 3.52. The Morgan fingerprint density at radius 3 is 2.56 bits per heavy atom. The van der Waals surface area contributed by atoms with Crippen LogP contribution in [0, 0.1) is 0 Å². The van der Waals surface area contributed by atoms with Crippen LogP contribution < -0.4 is 11.6 Å². The number of carbonyl (C=O) groups excluding carboxylic acids is 1. The minimum Gasteiger partial charge on any atom is -0.357 e. The summed E-state index contributed by atoms with van der Waals surface area (Å²) in [6.45, 7) is 0.396. The predicted molar refractivity (Wildman–Crippen MR) is 110 cm³/mol. The van der Waals surface area contributed by atoms with E-state index in [-0.39, 0.29) is 24.4 Å². The number of halogens is 3. The van der Waals surface area contributed by atoms with Gasteiger partial charge in [0.1, 0.15) is 0 Å². The lowest BCUT2D eigenvalue weighted by Gasteiger charge is -2.31. The summed E-state index contributed by atoms with van der Waals surface area (Å²) in [5.74, 6) is 5.16. The summed E-state index contributed by atoms with van der Waals surface area (Å²) in [6.07, 6.45) is 1.24. The average molecular weight is 431 g/mol. The molecule has 0 aromatic heterocycles. The van der Waals surface area contributed by atoms with E-state index in [0.717, 1.165) is 29.5 Å². The Labute approximate surface area is 174 Å². The number of hydrogen-bond donors (Lipinski definition) is 2.